The molecule has 2 atom stereocenters. The Hall–Kier alpha value is -1.62. The number of aliphatic hydroxyl groups excluding tert-OH is 1. The van der Waals surface area contributed by atoms with Gasteiger partial charge in [-0.25, -0.2) is 9.18 Å². The second kappa shape index (κ2) is 7.41. The molecule has 0 saturated heterocycles. The molecule has 1 aromatic carbocycles. The van der Waals surface area contributed by atoms with E-state index in [1.165, 1.54) is 18.6 Å². The third-order valence-electron chi connectivity index (χ3n) is 3.98. The first-order valence-electron chi connectivity index (χ1n) is 7.54. The summed E-state index contributed by atoms with van der Waals surface area (Å²) in [4.78, 5) is 11.9. The average molecular weight is 294 g/mol. The van der Waals surface area contributed by atoms with E-state index in [1.807, 2.05) is 0 Å². The second-order valence-corrected chi connectivity index (χ2v) is 5.76. The molecule has 0 heterocycles. The van der Waals surface area contributed by atoms with Gasteiger partial charge in [0.05, 0.1) is 12.1 Å². The van der Waals surface area contributed by atoms with Crippen molar-refractivity contribution in [2.24, 2.45) is 5.92 Å². The summed E-state index contributed by atoms with van der Waals surface area (Å²) < 4.78 is 13.0. The predicted molar refractivity (Wildman–Crippen MR) is 79.3 cm³/mol. The van der Waals surface area contributed by atoms with Crippen molar-refractivity contribution in [2.75, 3.05) is 6.54 Å². The number of halogens is 1. The fourth-order valence-corrected chi connectivity index (χ4v) is 2.50. The molecule has 0 aromatic heterocycles. The number of rotatable bonds is 6. The minimum Gasteiger partial charge on any atom is -0.393 e. The molecule has 21 heavy (non-hydrogen) atoms. The molecule has 0 radical (unpaired) electrons. The van der Waals surface area contributed by atoms with E-state index < -0.39 is 6.10 Å². The van der Waals surface area contributed by atoms with Crippen LogP contribution in [0.1, 0.15) is 44.2 Å². The number of urea groups is 1. The number of nitrogens with one attached hydrogen (secondary N) is 2. The van der Waals surface area contributed by atoms with Gasteiger partial charge in [-0.05, 0) is 49.8 Å². The number of hydrogen-bond acceptors (Lipinski definition) is 2. The highest BCUT2D eigenvalue weighted by molar-refractivity contribution is 5.74. The van der Waals surface area contributed by atoms with Gasteiger partial charge < -0.3 is 15.7 Å². The van der Waals surface area contributed by atoms with E-state index in [2.05, 4.69) is 10.6 Å². The van der Waals surface area contributed by atoms with E-state index in [4.69, 9.17) is 0 Å². The van der Waals surface area contributed by atoms with E-state index in [0.29, 0.717) is 18.9 Å². The van der Waals surface area contributed by atoms with Crippen LogP contribution in [-0.4, -0.2) is 23.8 Å². The van der Waals surface area contributed by atoms with Crippen LogP contribution < -0.4 is 10.6 Å². The number of carbonyl (C=O) groups excluding carboxylic acids is 1. The van der Waals surface area contributed by atoms with E-state index in [9.17, 15) is 14.3 Å². The molecule has 2 rings (SSSR count). The monoisotopic (exact) mass is 294 g/mol. The first-order chi connectivity index (χ1) is 10.1. The third-order valence-corrected chi connectivity index (χ3v) is 3.98. The lowest BCUT2D eigenvalue weighted by Crippen LogP contribution is -2.42. The van der Waals surface area contributed by atoms with Gasteiger partial charge in [0.1, 0.15) is 5.82 Å². The number of amides is 2. The van der Waals surface area contributed by atoms with Crippen LogP contribution in [0.5, 0.6) is 0 Å². The maximum Gasteiger partial charge on any atom is 0.315 e. The number of hydrogen-bond donors (Lipinski definition) is 3. The topological polar surface area (TPSA) is 61.4 Å². The van der Waals surface area contributed by atoms with Gasteiger partial charge in [0.2, 0.25) is 0 Å². The molecule has 2 amide bonds. The van der Waals surface area contributed by atoms with Crippen LogP contribution in [0.4, 0.5) is 9.18 Å². The van der Waals surface area contributed by atoms with Gasteiger partial charge in [-0.1, -0.05) is 18.6 Å². The van der Waals surface area contributed by atoms with Gasteiger partial charge in [0.15, 0.2) is 0 Å². The molecule has 1 aliphatic carbocycles. The molecule has 0 spiro atoms. The van der Waals surface area contributed by atoms with Crippen LogP contribution in [0.15, 0.2) is 24.3 Å². The van der Waals surface area contributed by atoms with Crippen molar-refractivity contribution < 1.29 is 14.3 Å². The van der Waals surface area contributed by atoms with Crippen molar-refractivity contribution in [3.8, 4) is 0 Å². The summed E-state index contributed by atoms with van der Waals surface area (Å²) in [5, 5.41) is 14.9. The summed E-state index contributed by atoms with van der Waals surface area (Å²) in [6.07, 6.45) is 3.43. The molecule has 5 heteroatoms. The Labute approximate surface area is 124 Å². The van der Waals surface area contributed by atoms with Gasteiger partial charge in [-0.2, -0.15) is 0 Å². The maximum absolute atomic E-state index is 13.0. The van der Waals surface area contributed by atoms with E-state index in [-0.39, 0.29) is 17.9 Å². The third kappa shape index (κ3) is 4.70. The van der Waals surface area contributed by atoms with E-state index in [1.54, 1.807) is 19.1 Å². The Morgan fingerprint density at radius 2 is 2.05 bits per heavy atom. The molecule has 1 aliphatic rings. The molecular formula is C16H23FN2O2. The standard InChI is InChI=1S/C16H23FN2O2/c1-11(20)9-10-18-16(21)19-15(12-3-2-4-12)13-5-7-14(17)8-6-13/h5-8,11-12,15,20H,2-4,9-10H2,1H3,(H2,18,19,21). The first kappa shape index (κ1) is 15.8. The second-order valence-electron chi connectivity index (χ2n) is 5.76. The van der Waals surface area contributed by atoms with E-state index in [0.717, 1.165) is 18.4 Å². The maximum atomic E-state index is 13.0. The van der Waals surface area contributed by atoms with Crippen molar-refractivity contribution in [1.82, 2.24) is 10.6 Å². The van der Waals surface area contributed by atoms with Gasteiger partial charge >= 0.3 is 6.03 Å². The summed E-state index contributed by atoms with van der Waals surface area (Å²) in [6, 6.07) is 5.99. The largest absolute Gasteiger partial charge is 0.393 e. The molecule has 1 aromatic rings. The minimum absolute atomic E-state index is 0.0779. The molecule has 2 unspecified atom stereocenters. The molecule has 1 saturated carbocycles. The predicted octanol–water partition coefficient (Wildman–Crippen LogP) is 2.74. The van der Waals surface area contributed by atoms with Crippen molar-refractivity contribution in [1.29, 1.82) is 0 Å². The van der Waals surface area contributed by atoms with Gasteiger partial charge in [0, 0.05) is 6.54 Å². The van der Waals surface area contributed by atoms with Crippen LogP contribution in [0, 0.1) is 11.7 Å². The fraction of sp³-hybridized carbons (Fsp3) is 0.562. The van der Waals surface area contributed by atoms with Gasteiger partial charge in [0.25, 0.3) is 0 Å². The molecule has 1 fully saturated rings. The first-order valence-corrected chi connectivity index (χ1v) is 7.54. The Morgan fingerprint density at radius 3 is 2.57 bits per heavy atom. The van der Waals surface area contributed by atoms with Crippen LogP contribution >= 0.6 is 0 Å². The highest BCUT2D eigenvalue weighted by atomic mass is 19.1. The quantitative estimate of drug-likeness (QED) is 0.755. The Bertz CT molecular complexity index is 458. The number of aliphatic hydroxyl groups is 1. The highest BCUT2D eigenvalue weighted by Gasteiger charge is 2.29. The summed E-state index contributed by atoms with van der Waals surface area (Å²) in [6.45, 7) is 2.12. The van der Waals surface area contributed by atoms with Crippen LogP contribution in [0.2, 0.25) is 0 Å². The SMILES string of the molecule is CC(O)CCNC(=O)NC(c1ccc(F)cc1)C1CCC1. The van der Waals surface area contributed by atoms with E-state index >= 15 is 0 Å². The molecular weight excluding hydrogens is 271 g/mol. The normalized spacial score (nSPS) is 17.7. The zero-order valence-corrected chi connectivity index (χ0v) is 12.3. The van der Waals surface area contributed by atoms with Crippen molar-refractivity contribution in [3.63, 3.8) is 0 Å². The van der Waals surface area contributed by atoms with Crippen molar-refractivity contribution >= 4 is 6.03 Å². The van der Waals surface area contributed by atoms with Crippen LogP contribution in [0.25, 0.3) is 0 Å². The van der Waals surface area contributed by atoms with Gasteiger partial charge in [-0.3, -0.25) is 0 Å². The zero-order valence-electron chi connectivity index (χ0n) is 12.3. The molecule has 116 valence electrons. The lowest BCUT2D eigenvalue weighted by molar-refractivity contribution is 0.181. The molecule has 0 aliphatic heterocycles. The Morgan fingerprint density at radius 1 is 1.38 bits per heavy atom. The molecule has 0 bridgehead atoms. The van der Waals surface area contributed by atoms with Crippen molar-refractivity contribution in [3.05, 3.63) is 35.6 Å². The fourth-order valence-electron chi connectivity index (χ4n) is 2.50. The minimum atomic E-state index is -0.426. The lowest BCUT2D eigenvalue weighted by atomic mass is 9.77. The Kier molecular flexibility index (Phi) is 5.56. The smallest absolute Gasteiger partial charge is 0.315 e. The molecule has 3 N–H and O–H groups in total. The van der Waals surface area contributed by atoms with Crippen molar-refractivity contribution in [2.45, 2.75) is 44.8 Å². The van der Waals surface area contributed by atoms with Gasteiger partial charge in [-0.15, -0.1) is 0 Å². The summed E-state index contributed by atoms with van der Waals surface area (Å²) in [7, 11) is 0. The zero-order chi connectivity index (χ0) is 15.2. The van der Waals surface area contributed by atoms with Crippen LogP contribution in [0.3, 0.4) is 0 Å². The highest BCUT2D eigenvalue weighted by Crippen LogP contribution is 2.37. The Balaban J connectivity index is 1.93. The molecule has 4 nitrogen and oxygen atoms in total. The lowest BCUT2D eigenvalue weighted by Gasteiger charge is -2.34. The summed E-state index contributed by atoms with van der Waals surface area (Å²) in [5.74, 6) is 0.144. The number of carbonyl (C=O) groups is 1. The average Bonchev–Trinajstić information content (AvgIpc) is 2.36. The van der Waals surface area contributed by atoms with Crippen LogP contribution in [-0.2, 0) is 0 Å². The summed E-state index contributed by atoms with van der Waals surface area (Å²) in [5.41, 5.74) is 0.937. The number of benzene rings is 1. The summed E-state index contributed by atoms with van der Waals surface area (Å²) >= 11 is 0.